The first-order chi connectivity index (χ1) is 7.93. The highest BCUT2D eigenvalue weighted by Crippen LogP contribution is 2.44. The van der Waals surface area contributed by atoms with Gasteiger partial charge < -0.3 is 9.84 Å². The van der Waals surface area contributed by atoms with Crippen LogP contribution >= 0.6 is 0 Å². The highest BCUT2D eigenvalue weighted by molar-refractivity contribution is 5.40. The van der Waals surface area contributed by atoms with E-state index >= 15 is 0 Å². The zero-order chi connectivity index (χ0) is 12.6. The smallest absolute Gasteiger partial charge is 0.416 e. The molecule has 17 heavy (non-hydrogen) atoms. The van der Waals surface area contributed by atoms with Gasteiger partial charge in [-0.2, -0.15) is 13.2 Å². The third-order valence-corrected chi connectivity index (χ3v) is 2.95. The van der Waals surface area contributed by atoms with E-state index in [1.165, 1.54) is 13.2 Å². The van der Waals surface area contributed by atoms with Crippen molar-refractivity contribution in [2.75, 3.05) is 7.11 Å². The van der Waals surface area contributed by atoms with Gasteiger partial charge in [-0.05, 0) is 30.9 Å². The fourth-order valence-corrected chi connectivity index (χ4v) is 1.80. The summed E-state index contributed by atoms with van der Waals surface area (Å²) in [4.78, 5) is 0. The summed E-state index contributed by atoms with van der Waals surface area (Å²) in [6.07, 6.45) is -3.31. The highest BCUT2D eigenvalue weighted by atomic mass is 19.4. The molecule has 1 N–H and O–H groups in total. The molecular formula is C12H13F3O2. The molecule has 1 aliphatic carbocycles. The second-order valence-electron chi connectivity index (χ2n) is 4.24. The Labute approximate surface area is 97.0 Å². The van der Waals surface area contributed by atoms with Crippen LogP contribution in [-0.4, -0.2) is 12.2 Å². The number of hydrogen-bond donors (Lipinski definition) is 1. The Morgan fingerprint density at radius 1 is 1.35 bits per heavy atom. The van der Waals surface area contributed by atoms with Gasteiger partial charge in [-0.1, -0.05) is 6.07 Å². The average molecular weight is 246 g/mol. The lowest BCUT2D eigenvalue weighted by atomic mass is 10.0. The van der Waals surface area contributed by atoms with Crippen molar-refractivity contribution in [2.45, 2.75) is 25.1 Å². The lowest BCUT2D eigenvalue weighted by molar-refractivity contribution is -0.137. The molecule has 1 aliphatic rings. The van der Waals surface area contributed by atoms with E-state index in [1.807, 2.05) is 0 Å². The van der Waals surface area contributed by atoms with Crippen molar-refractivity contribution in [3.05, 3.63) is 29.3 Å². The molecule has 94 valence electrons. The van der Waals surface area contributed by atoms with Crippen molar-refractivity contribution in [3.63, 3.8) is 0 Å². The summed E-state index contributed by atoms with van der Waals surface area (Å²) in [7, 11) is 1.30. The third-order valence-electron chi connectivity index (χ3n) is 2.95. The van der Waals surface area contributed by atoms with E-state index < -0.39 is 17.8 Å². The van der Waals surface area contributed by atoms with Gasteiger partial charge >= 0.3 is 6.18 Å². The fourth-order valence-electron chi connectivity index (χ4n) is 1.80. The monoisotopic (exact) mass is 246 g/mol. The van der Waals surface area contributed by atoms with Gasteiger partial charge in [0.05, 0.1) is 18.8 Å². The van der Waals surface area contributed by atoms with Gasteiger partial charge in [0.1, 0.15) is 5.75 Å². The van der Waals surface area contributed by atoms with Gasteiger partial charge in [-0.25, -0.2) is 0 Å². The van der Waals surface area contributed by atoms with Crippen molar-refractivity contribution >= 4 is 0 Å². The van der Waals surface area contributed by atoms with Crippen LogP contribution < -0.4 is 4.74 Å². The molecule has 1 unspecified atom stereocenters. The van der Waals surface area contributed by atoms with E-state index in [4.69, 9.17) is 4.74 Å². The first-order valence-corrected chi connectivity index (χ1v) is 5.36. The molecular weight excluding hydrogens is 233 g/mol. The average Bonchev–Trinajstić information content (AvgIpc) is 3.09. The summed E-state index contributed by atoms with van der Waals surface area (Å²) in [5.74, 6) is 0.250. The van der Waals surface area contributed by atoms with Crippen molar-refractivity contribution in [1.82, 2.24) is 0 Å². The normalized spacial score (nSPS) is 17.9. The molecule has 0 heterocycles. The van der Waals surface area contributed by atoms with Crippen molar-refractivity contribution in [3.8, 4) is 5.75 Å². The van der Waals surface area contributed by atoms with E-state index in [0.717, 1.165) is 25.0 Å². The summed E-state index contributed by atoms with van der Waals surface area (Å²) < 4.78 is 42.4. The predicted molar refractivity (Wildman–Crippen MR) is 55.7 cm³/mol. The maximum absolute atomic E-state index is 12.5. The van der Waals surface area contributed by atoms with Crippen molar-refractivity contribution in [2.24, 2.45) is 5.92 Å². The molecule has 0 spiro atoms. The maximum Gasteiger partial charge on any atom is 0.416 e. The number of rotatable bonds is 3. The van der Waals surface area contributed by atoms with E-state index in [9.17, 15) is 18.3 Å². The number of aliphatic hydroxyl groups excluding tert-OH is 1. The first kappa shape index (κ1) is 12.2. The van der Waals surface area contributed by atoms with Crippen LogP contribution in [0.15, 0.2) is 18.2 Å². The summed E-state index contributed by atoms with van der Waals surface area (Å²) in [6.45, 7) is 0. The van der Waals surface area contributed by atoms with Crippen molar-refractivity contribution in [1.29, 1.82) is 0 Å². The van der Waals surface area contributed by atoms with Crippen LogP contribution in [0.25, 0.3) is 0 Å². The zero-order valence-corrected chi connectivity index (χ0v) is 9.29. The molecule has 0 amide bonds. The maximum atomic E-state index is 12.5. The van der Waals surface area contributed by atoms with Crippen LogP contribution in [-0.2, 0) is 6.18 Å². The van der Waals surface area contributed by atoms with Gasteiger partial charge in [-0.3, -0.25) is 0 Å². The quantitative estimate of drug-likeness (QED) is 0.887. The minimum absolute atomic E-state index is 0.0965. The number of hydrogen-bond acceptors (Lipinski definition) is 2. The van der Waals surface area contributed by atoms with E-state index in [1.54, 1.807) is 0 Å². The molecule has 2 rings (SSSR count). The number of halogens is 3. The zero-order valence-electron chi connectivity index (χ0n) is 9.29. The number of methoxy groups -OCH3 is 1. The molecule has 1 aromatic rings. The second-order valence-corrected chi connectivity index (χ2v) is 4.24. The van der Waals surface area contributed by atoms with Crippen LogP contribution in [0.5, 0.6) is 5.75 Å². The highest BCUT2D eigenvalue weighted by Gasteiger charge is 2.35. The van der Waals surface area contributed by atoms with Crippen LogP contribution in [0.2, 0.25) is 0 Å². The molecule has 1 aromatic carbocycles. The topological polar surface area (TPSA) is 29.5 Å². The van der Waals surface area contributed by atoms with Gasteiger partial charge in [0.25, 0.3) is 0 Å². The molecule has 1 atom stereocenters. The molecule has 0 radical (unpaired) electrons. The Balaban J connectivity index is 2.34. The molecule has 5 heteroatoms. The van der Waals surface area contributed by atoms with Gasteiger partial charge in [-0.15, -0.1) is 0 Å². The largest absolute Gasteiger partial charge is 0.496 e. The Hall–Kier alpha value is -1.23. The Morgan fingerprint density at radius 2 is 2.00 bits per heavy atom. The summed E-state index contributed by atoms with van der Waals surface area (Å²) in [6, 6.07) is 3.20. The number of ether oxygens (including phenoxy) is 1. The fraction of sp³-hybridized carbons (Fsp3) is 0.500. The third kappa shape index (κ3) is 2.54. The Bertz CT molecular complexity index is 411. The molecule has 1 saturated carbocycles. The van der Waals surface area contributed by atoms with Crippen LogP contribution in [0.1, 0.15) is 30.1 Å². The molecule has 0 bridgehead atoms. The van der Waals surface area contributed by atoms with Crippen LogP contribution in [0, 0.1) is 5.92 Å². The Morgan fingerprint density at radius 3 is 2.47 bits per heavy atom. The number of aliphatic hydroxyl groups is 1. The molecule has 0 aliphatic heterocycles. The summed E-state index contributed by atoms with van der Waals surface area (Å²) in [5, 5.41) is 9.90. The lowest BCUT2D eigenvalue weighted by Crippen LogP contribution is -2.08. The first-order valence-electron chi connectivity index (χ1n) is 5.36. The van der Waals surface area contributed by atoms with Gasteiger partial charge in [0, 0.05) is 5.56 Å². The molecule has 0 aromatic heterocycles. The van der Waals surface area contributed by atoms with Gasteiger partial charge in [0.2, 0.25) is 0 Å². The second kappa shape index (κ2) is 4.22. The summed E-state index contributed by atoms with van der Waals surface area (Å²) >= 11 is 0. The minimum atomic E-state index is -4.39. The standard InChI is InChI=1S/C12H13F3O2/c1-17-10-6-8(12(13,14)15)4-5-9(10)11(16)7-2-3-7/h4-7,11,16H,2-3H2,1H3. The minimum Gasteiger partial charge on any atom is -0.496 e. The van der Waals surface area contributed by atoms with Crippen LogP contribution in [0.3, 0.4) is 0 Å². The van der Waals surface area contributed by atoms with E-state index in [0.29, 0.717) is 5.56 Å². The molecule has 2 nitrogen and oxygen atoms in total. The Kier molecular flexibility index (Phi) is 3.03. The van der Waals surface area contributed by atoms with Crippen LogP contribution in [0.4, 0.5) is 13.2 Å². The van der Waals surface area contributed by atoms with Crippen molar-refractivity contribution < 1.29 is 23.0 Å². The molecule has 0 saturated heterocycles. The molecule has 1 fully saturated rings. The van der Waals surface area contributed by atoms with Gasteiger partial charge in [0.15, 0.2) is 0 Å². The predicted octanol–water partition coefficient (Wildman–Crippen LogP) is 3.16. The SMILES string of the molecule is COc1cc(C(F)(F)F)ccc1C(O)C1CC1. The number of benzene rings is 1. The van der Waals surface area contributed by atoms with E-state index in [-0.39, 0.29) is 11.7 Å². The lowest BCUT2D eigenvalue weighted by Gasteiger charge is -2.16. The number of alkyl halides is 3. The van der Waals surface area contributed by atoms with E-state index in [2.05, 4.69) is 0 Å². The summed E-state index contributed by atoms with van der Waals surface area (Å²) in [5.41, 5.74) is -0.330.